The molecule has 0 spiro atoms. The van der Waals surface area contributed by atoms with Crippen LogP contribution in [0, 0.1) is 38.4 Å². The van der Waals surface area contributed by atoms with E-state index >= 15 is 0 Å². The lowest BCUT2D eigenvalue weighted by atomic mass is 9.49. The van der Waals surface area contributed by atoms with Crippen LogP contribution in [-0.4, -0.2) is 0 Å². The van der Waals surface area contributed by atoms with E-state index < -0.39 is 0 Å². The Bertz CT molecular complexity index is 406. The smallest absolute Gasteiger partial charge is 0.0203 e. The van der Waals surface area contributed by atoms with Crippen LogP contribution in [0.3, 0.4) is 0 Å². The second-order valence-electron chi connectivity index (χ2n) is 13.0. The third-order valence-corrected chi connectivity index (χ3v) is 9.45. The Hall–Kier alpha value is 0. The molecule has 0 aliphatic heterocycles. The zero-order chi connectivity index (χ0) is 22.0. The lowest BCUT2D eigenvalue weighted by Gasteiger charge is -2.56. The Balaban J connectivity index is 0. The molecule has 0 aliphatic rings. The molecule has 0 rings (SSSR count). The van der Waals surface area contributed by atoms with E-state index in [0.717, 1.165) is 5.92 Å². The fourth-order valence-corrected chi connectivity index (χ4v) is 4.49. The summed E-state index contributed by atoms with van der Waals surface area (Å²) in [5.41, 5.74) is 2.33. The van der Waals surface area contributed by atoms with Gasteiger partial charge in [0.2, 0.25) is 0 Å². The molecular weight excluding hydrogens is 312 g/mol. The Morgan fingerprint density at radius 2 is 0.808 bits per heavy atom. The van der Waals surface area contributed by atoms with Crippen LogP contribution in [0.5, 0.6) is 0 Å². The van der Waals surface area contributed by atoms with Gasteiger partial charge in [0.1, 0.15) is 0 Å². The third-order valence-electron chi connectivity index (χ3n) is 9.45. The highest BCUT2D eigenvalue weighted by atomic mass is 14.5. The molecule has 160 valence electrons. The number of hydrogen-bond acceptors (Lipinski definition) is 0. The molecule has 0 saturated carbocycles. The molecule has 0 aromatic heterocycles. The summed E-state index contributed by atoms with van der Waals surface area (Å²) in [5, 5.41) is 0. The quantitative estimate of drug-likeness (QED) is 0.453. The Kier molecular flexibility index (Phi) is 9.30. The van der Waals surface area contributed by atoms with Gasteiger partial charge in [0.25, 0.3) is 0 Å². The lowest BCUT2D eigenvalue weighted by molar-refractivity contribution is -0.0689. The van der Waals surface area contributed by atoms with Gasteiger partial charge in [-0.15, -0.1) is 0 Å². The molecule has 0 aromatic carbocycles. The van der Waals surface area contributed by atoms with Crippen molar-refractivity contribution in [2.45, 2.75) is 131 Å². The van der Waals surface area contributed by atoms with Crippen molar-refractivity contribution < 1.29 is 0 Å². The van der Waals surface area contributed by atoms with Gasteiger partial charge in [-0.05, 0) is 38.4 Å². The Labute approximate surface area is 169 Å². The normalized spacial score (nSPS) is 16.8. The third kappa shape index (κ3) is 5.51. The summed E-state index contributed by atoms with van der Waals surface area (Å²) in [5.74, 6) is 0.720. The first-order valence-corrected chi connectivity index (χ1v) is 11.1. The van der Waals surface area contributed by atoms with Crippen LogP contribution < -0.4 is 0 Å². The van der Waals surface area contributed by atoms with Crippen LogP contribution in [0.1, 0.15) is 131 Å². The first-order valence-electron chi connectivity index (χ1n) is 11.1. The molecule has 0 aromatic rings. The molecule has 0 nitrogen and oxygen atoms in total. The summed E-state index contributed by atoms with van der Waals surface area (Å²) in [6.07, 6.45) is 2.50. The molecule has 1 unspecified atom stereocenters. The van der Waals surface area contributed by atoms with E-state index in [1.165, 1.54) is 12.8 Å². The lowest BCUT2D eigenvalue weighted by Crippen LogP contribution is -2.48. The van der Waals surface area contributed by atoms with E-state index in [0.29, 0.717) is 32.5 Å². The van der Waals surface area contributed by atoms with Crippen molar-refractivity contribution in [1.82, 2.24) is 0 Å². The van der Waals surface area contributed by atoms with Gasteiger partial charge in [-0.2, -0.15) is 0 Å². The molecule has 0 amide bonds. The average Bonchev–Trinajstić information content (AvgIpc) is 2.43. The summed E-state index contributed by atoms with van der Waals surface area (Å²) in [6.45, 7) is 40.3. The predicted octanol–water partition coefficient (Wildman–Crippen LogP) is 9.63. The molecular formula is C26H56. The summed E-state index contributed by atoms with van der Waals surface area (Å²) in [4.78, 5) is 0. The molecule has 0 N–H and O–H groups in total. The Morgan fingerprint density at radius 3 is 0.885 bits per heavy atom. The van der Waals surface area contributed by atoms with Crippen molar-refractivity contribution in [2.75, 3.05) is 0 Å². The van der Waals surface area contributed by atoms with Crippen molar-refractivity contribution in [3.8, 4) is 0 Å². The molecule has 26 heavy (non-hydrogen) atoms. The second kappa shape index (κ2) is 8.57. The maximum absolute atomic E-state index is 2.46. The first kappa shape index (κ1) is 28.2. The molecule has 0 bridgehead atoms. The maximum atomic E-state index is 2.46. The molecule has 0 fully saturated rings. The van der Waals surface area contributed by atoms with Crippen molar-refractivity contribution in [3.05, 3.63) is 0 Å². The van der Waals surface area contributed by atoms with Crippen LogP contribution in [-0.2, 0) is 0 Å². The Morgan fingerprint density at radius 1 is 0.500 bits per heavy atom. The topological polar surface area (TPSA) is 0 Å². The predicted molar refractivity (Wildman–Crippen MR) is 124 cm³/mol. The van der Waals surface area contributed by atoms with Gasteiger partial charge < -0.3 is 0 Å². The zero-order valence-electron chi connectivity index (χ0n) is 22.0. The van der Waals surface area contributed by atoms with E-state index in [2.05, 4.69) is 118 Å². The second-order valence-corrected chi connectivity index (χ2v) is 13.0. The van der Waals surface area contributed by atoms with Crippen molar-refractivity contribution >= 4 is 0 Å². The molecule has 0 heteroatoms. The summed E-state index contributed by atoms with van der Waals surface area (Å²) in [7, 11) is 0. The highest BCUT2D eigenvalue weighted by Gasteiger charge is 2.49. The molecule has 0 radical (unpaired) electrons. The van der Waals surface area contributed by atoms with E-state index in [4.69, 9.17) is 0 Å². The van der Waals surface area contributed by atoms with Crippen molar-refractivity contribution in [1.29, 1.82) is 0 Å². The maximum Gasteiger partial charge on any atom is -0.0203 e. The molecule has 1 atom stereocenters. The monoisotopic (exact) mass is 368 g/mol. The summed E-state index contributed by atoms with van der Waals surface area (Å²) >= 11 is 0. The molecule has 0 heterocycles. The summed E-state index contributed by atoms with van der Waals surface area (Å²) in [6, 6.07) is 0. The van der Waals surface area contributed by atoms with Gasteiger partial charge in [0.05, 0.1) is 0 Å². The van der Waals surface area contributed by atoms with Crippen LogP contribution in [0.2, 0.25) is 0 Å². The molecule has 0 saturated heterocycles. The van der Waals surface area contributed by atoms with Gasteiger partial charge >= 0.3 is 0 Å². The zero-order valence-corrected chi connectivity index (χ0v) is 22.0. The fraction of sp³-hybridized carbons (Fsp3) is 1.00. The minimum atomic E-state index is 0.362. The highest BCUT2D eigenvalue weighted by Crippen LogP contribution is 2.57. The standard InChI is InChI=1S/C14H30.C12H26/c1-10-13(7,8)14(9,11(2)3)12(4,5)6;1-9-11(5,6)12(7,8)10(2,3)4/h11H,10H2,1-9H3;9H2,1-8H3. The van der Waals surface area contributed by atoms with E-state index in [9.17, 15) is 0 Å². The first-order chi connectivity index (χ1) is 11.1. The molecule has 0 aliphatic carbocycles. The van der Waals surface area contributed by atoms with Gasteiger partial charge in [-0.1, -0.05) is 131 Å². The van der Waals surface area contributed by atoms with Gasteiger partial charge in [-0.25, -0.2) is 0 Å². The van der Waals surface area contributed by atoms with Crippen LogP contribution in [0.25, 0.3) is 0 Å². The minimum absolute atomic E-state index is 0.362. The van der Waals surface area contributed by atoms with E-state index in [1.54, 1.807) is 0 Å². The minimum Gasteiger partial charge on any atom is -0.0649 e. The number of hydrogen-bond donors (Lipinski definition) is 0. The summed E-state index contributed by atoms with van der Waals surface area (Å²) < 4.78 is 0. The van der Waals surface area contributed by atoms with E-state index in [1.807, 2.05) is 0 Å². The van der Waals surface area contributed by atoms with E-state index in [-0.39, 0.29) is 0 Å². The van der Waals surface area contributed by atoms with Gasteiger partial charge in [0.15, 0.2) is 0 Å². The fourth-order valence-electron chi connectivity index (χ4n) is 4.49. The van der Waals surface area contributed by atoms with Crippen LogP contribution >= 0.6 is 0 Å². The van der Waals surface area contributed by atoms with Gasteiger partial charge in [-0.3, -0.25) is 0 Å². The van der Waals surface area contributed by atoms with Crippen molar-refractivity contribution in [3.63, 3.8) is 0 Å². The number of rotatable bonds is 5. The van der Waals surface area contributed by atoms with Crippen LogP contribution in [0.15, 0.2) is 0 Å². The largest absolute Gasteiger partial charge is 0.0649 e. The average molecular weight is 369 g/mol. The van der Waals surface area contributed by atoms with Crippen molar-refractivity contribution in [2.24, 2.45) is 38.4 Å². The van der Waals surface area contributed by atoms with Crippen LogP contribution in [0.4, 0.5) is 0 Å². The highest BCUT2D eigenvalue weighted by molar-refractivity contribution is 4.98. The SMILES string of the molecule is CCC(C)(C)C(C)(C(C)C)C(C)(C)C.CCC(C)(C)C(C)(C)C(C)(C)C. The van der Waals surface area contributed by atoms with Gasteiger partial charge in [0, 0.05) is 0 Å².